The minimum atomic E-state index is -0.129. The van der Waals surface area contributed by atoms with Gasteiger partial charge in [-0.05, 0) is 43.7 Å². The quantitative estimate of drug-likeness (QED) is 0.910. The molecule has 1 aromatic heterocycles. The van der Waals surface area contributed by atoms with E-state index in [0.717, 1.165) is 45.4 Å². The lowest BCUT2D eigenvalue weighted by atomic mass is 9.90. The summed E-state index contributed by atoms with van der Waals surface area (Å²) in [5, 5.41) is 2.86. The molecule has 2 aliphatic heterocycles. The van der Waals surface area contributed by atoms with Crippen molar-refractivity contribution in [2.75, 3.05) is 39.2 Å². The Morgan fingerprint density at radius 3 is 2.76 bits per heavy atom. The van der Waals surface area contributed by atoms with Gasteiger partial charge in [-0.3, -0.25) is 10.1 Å². The molecular formula is C18H26N4O3. The molecule has 3 amide bonds. The van der Waals surface area contributed by atoms with Crippen LogP contribution in [0.25, 0.3) is 0 Å². The van der Waals surface area contributed by atoms with Gasteiger partial charge in [0.1, 0.15) is 5.82 Å². The summed E-state index contributed by atoms with van der Waals surface area (Å²) in [7, 11) is 3.40. The molecule has 0 aromatic carbocycles. The fourth-order valence-electron chi connectivity index (χ4n) is 3.71. The normalized spacial score (nSPS) is 21.2. The lowest BCUT2D eigenvalue weighted by Gasteiger charge is -2.33. The highest BCUT2D eigenvalue weighted by Gasteiger charge is 2.35. The van der Waals surface area contributed by atoms with Gasteiger partial charge in [-0.15, -0.1) is 0 Å². The number of hydrogen-bond acceptors (Lipinski definition) is 4. The van der Waals surface area contributed by atoms with Crippen LogP contribution in [0.4, 0.5) is 10.6 Å². The topological polar surface area (TPSA) is 74.8 Å². The van der Waals surface area contributed by atoms with E-state index in [1.807, 2.05) is 4.90 Å². The van der Waals surface area contributed by atoms with Gasteiger partial charge in [0.2, 0.25) is 0 Å². The summed E-state index contributed by atoms with van der Waals surface area (Å²) in [6, 6.07) is 3.42. The molecule has 25 heavy (non-hydrogen) atoms. The summed E-state index contributed by atoms with van der Waals surface area (Å²) < 4.78 is 5.44. The highest BCUT2D eigenvalue weighted by molar-refractivity contribution is 5.96. The van der Waals surface area contributed by atoms with Crippen LogP contribution in [0.5, 0.6) is 0 Å². The first-order chi connectivity index (χ1) is 12.1. The van der Waals surface area contributed by atoms with Gasteiger partial charge >= 0.3 is 6.03 Å². The molecule has 1 unspecified atom stereocenters. The molecule has 0 bridgehead atoms. The van der Waals surface area contributed by atoms with E-state index < -0.39 is 0 Å². The van der Waals surface area contributed by atoms with Crippen LogP contribution in [0.2, 0.25) is 0 Å². The van der Waals surface area contributed by atoms with Crippen molar-refractivity contribution in [2.24, 2.45) is 5.92 Å². The predicted molar refractivity (Wildman–Crippen MR) is 94.5 cm³/mol. The number of carbonyl (C=O) groups excluding carboxylic acids is 2. The molecule has 2 saturated heterocycles. The third kappa shape index (κ3) is 4.10. The molecule has 0 spiro atoms. The molecule has 3 rings (SSSR count). The highest BCUT2D eigenvalue weighted by Crippen LogP contribution is 2.30. The average molecular weight is 346 g/mol. The number of likely N-dealkylation sites (tertiary alicyclic amines) is 1. The number of pyridine rings is 1. The van der Waals surface area contributed by atoms with E-state index in [-0.39, 0.29) is 18.0 Å². The van der Waals surface area contributed by atoms with Gasteiger partial charge in [-0.1, -0.05) is 0 Å². The monoisotopic (exact) mass is 346 g/mol. The van der Waals surface area contributed by atoms with Gasteiger partial charge in [-0.2, -0.15) is 0 Å². The Kier molecular flexibility index (Phi) is 5.53. The zero-order valence-corrected chi connectivity index (χ0v) is 14.9. The van der Waals surface area contributed by atoms with Crippen molar-refractivity contribution in [3.05, 3.63) is 23.9 Å². The van der Waals surface area contributed by atoms with Gasteiger partial charge in [0.25, 0.3) is 5.91 Å². The summed E-state index contributed by atoms with van der Waals surface area (Å²) in [5.41, 5.74) is 0.512. The largest absolute Gasteiger partial charge is 0.381 e. The number of carbonyl (C=O) groups is 2. The van der Waals surface area contributed by atoms with E-state index in [1.165, 1.54) is 4.90 Å². The second-order valence-electron chi connectivity index (χ2n) is 6.91. The average Bonchev–Trinajstić information content (AvgIpc) is 3.12. The second-order valence-corrected chi connectivity index (χ2v) is 6.91. The number of hydrogen-bond donors (Lipinski definition) is 1. The fraction of sp³-hybridized carbons (Fsp3) is 0.611. The first kappa shape index (κ1) is 17.7. The molecular weight excluding hydrogens is 320 g/mol. The van der Waals surface area contributed by atoms with E-state index >= 15 is 0 Å². The number of nitrogens with one attached hydrogen (secondary N) is 1. The molecule has 3 heterocycles. The SMILES string of the molecule is CN(C)C(=O)c1ccnc(NC(=O)N2CCCC2C2CCOCC2)c1. The molecule has 136 valence electrons. The first-order valence-electron chi connectivity index (χ1n) is 8.89. The second kappa shape index (κ2) is 7.82. The van der Waals surface area contributed by atoms with Crippen LogP contribution in [-0.4, -0.2) is 66.6 Å². The Morgan fingerprint density at radius 1 is 1.28 bits per heavy atom. The Morgan fingerprint density at radius 2 is 2.04 bits per heavy atom. The highest BCUT2D eigenvalue weighted by atomic mass is 16.5. The van der Waals surface area contributed by atoms with E-state index in [1.54, 1.807) is 32.4 Å². The zero-order valence-electron chi connectivity index (χ0n) is 14.9. The summed E-state index contributed by atoms with van der Waals surface area (Å²) in [6.07, 6.45) is 5.65. The van der Waals surface area contributed by atoms with E-state index in [4.69, 9.17) is 4.74 Å². The van der Waals surface area contributed by atoms with Crippen molar-refractivity contribution < 1.29 is 14.3 Å². The van der Waals surface area contributed by atoms with Crippen molar-refractivity contribution in [3.8, 4) is 0 Å². The third-order valence-electron chi connectivity index (χ3n) is 5.02. The summed E-state index contributed by atoms with van der Waals surface area (Å²) in [5.74, 6) is 0.811. The lowest BCUT2D eigenvalue weighted by Crippen LogP contribution is -2.44. The van der Waals surface area contributed by atoms with Gasteiger partial charge in [0.05, 0.1) is 0 Å². The number of amides is 3. The molecule has 2 aliphatic rings. The molecule has 1 N–H and O–H groups in total. The van der Waals surface area contributed by atoms with Crippen LogP contribution in [0.15, 0.2) is 18.3 Å². The van der Waals surface area contributed by atoms with Crippen LogP contribution in [0.1, 0.15) is 36.0 Å². The van der Waals surface area contributed by atoms with E-state index in [2.05, 4.69) is 10.3 Å². The molecule has 7 nitrogen and oxygen atoms in total. The molecule has 0 radical (unpaired) electrons. The van der Waals surface area contributed by atoms with Crippen molar-refractivity contribution >= 4 is 17.8 Å². The van der Waals surface area contributed by atoms with E-state index in [9.17, 15) is 9.59 Å². The molecule has 0 aliphatic carbocycles. The minimum Gasteiger partial charge on any atom is -0.381 e. The lowest BCUT2D eigenvalue weighted by molar-refractivity contribution is 0.0429. The van der Waals surface area contributed by atoms with Gasteiger partial charge in [-0.25, -0.2) is 9.78 Å². The van der Waals surface area contributed by atoms with Gasteiger partial charge in [0.15, 0.2) is 0 Å². The van der Waals surface area contributed by atoms with Crippen molar-refractivity contribution in [3.63, 3.8) is 0 Å². The maximum Gasteiger partial charge on any atom is 0.323 e. The smallest absolute Gasteiger partial charge is 0.323 e. The first-order valence-corrected chi connectivity index (χ1v) is 8.89. The Bertz CT molecular complexity index is 629. The summed E-state index contributed by atoms with van der Waals surface area (Å²) in [6.45, 7) is 2.34. The number of aromatic nitrogens is 1. The maximum absolute atomic E-state index is 12.7. The van der Waals surface area contributed by atoms with Gasteiger partial charge < -0.3 is 14.5 Å². The van der Waals surface area contributed by atoms with Crippen molar-refractivity contribution in [2.45, 2.75) is 31.7 Å². The third-order valence-corrected chi connectivity index (χ3v) is 5.02. The van der Waals surface area contributed by atoms with Crippen LogP contribution in [0, 0.1) is 5.92 Å². The summed E-state index contributed by atoms with van der Waals surface area (Å²) in [4.78, 5) is 32.4. The number of anilines is 1. The minimum absolute atomic E-state index is 0.112. The zero-order chi connectivity index (χ0) is 17.8. The Balaban J connectivity index is 1.67. The van der Waals surface area contributed by atoms with Gasteiger partial charge in [0, 0.05) is 51.7 Å². The molecule has 0 saturated carbocycles. The maximum atomic E-state index is 12.7. The molecule has 1 atom stereocenters. The Hall–Kier alpha value is -2.15. The molecule has 2 fully saturated rings. The molecule has 1 aromatic rings. The van der Waals surface area contributed by atoms with Crippen molar-refractivity contribution in [1.82, 2.24) is 14.8 Å². The van der Waals surface area contributed by atoms with Crippen LogP contribution in [-0.2, 0) is 4.74 Å². The van der Waals surface area contributed by atoms with Crippen LogP contribution >= 0.6 is 0 Å². The number of urea groups is 1. The van der Waals surface area contributed by atoms with Crippen LogP contribution < -0.4 is 5.32 Å². The number of nitrogens with zero attached hydrogens (tertiary/aromatic N) is 3. The van der Waals surface area contributed by atoms with Crippen molar-refractivity contribution in [1.29, 1.82) is 0 Å². The standard InChI is InChI=1S/C18H26N4O3/c1-21(2)17(23)14-5-8-19-16(12-14)20-18(24)22-9-3-4-15(22)13-6-10-25-11-7-13/h5,8,12-13,15H,3-4,6-7,9-11H2,1-2H3,(H,19,20,24). The number of rotatable bonds is 3. The number of ether oxygens (including phenoxy) is 1. The van der Waals surface area contributed by atoms with E-state index in [0.29, 0.717) is 17.3 Å². The molecule has 7 heteroatoms. The van der Waals surface area contributed by atoms with Crippen LogP contribution in [0.3, 0.4) is 0 Å². The predicted octanol–water partition coefficient (Wildman–Crippen LogP) is 2.21. The summed E-state index contributed by atoms with van der Waals surface area (Å²) >= 11 is 0. The fourth-order valence-corrected chi connectivity index (χ4v) is 3.71. The Labute approximate surface area is 148 Å².